The molecule has 5 heteroatoms. The van der Waals surface area contributed by atoms with Crippen LogP contribution in [0.3, 0.4) is 0 Å². The average Bonchev–Trinajstić information content (AvgIpc) is 2.67. The fourth-order valence-corrected chi connectivity index (χ4v) is 4.25. The van der Waals surface area contributed by atoms with Gasteiger partial charge in [-0.3, -0.25) is 9.89 Å². The highest BCUT2D eigenvalue weighted by Crippen LogP contribution is 2.31. The van der Waals surface area contributed by atoms with Gasteiger partial charge in [0.2, 0.25) is 0 Å². The maximum Gasteiger partial charge on any atom is 0.193 e. The van der Waals surface area contributed by atoms with Crippen LogP contribution in [0.25, 0.3) is 0 Å². The Labute approximate surface area is 161 Å². The van der Waals surface area contributed by atoms with Crippen molar-refractivity contribution in [3.63, 3.8) is 0 Å². The summed E-state index contributed by atoms with van der Waals surface area (Å²) in [6.07, 6.45) is 10.8. The Bertz CT molecular complexity index is 434. The highest BCUT2D eigenvalue weighted by atomic mass is 15.3. The molecule has 0 radical (unpaired) electrons. The third kappa shape index (κ3) is 5.98. The van der Waals surface area contributed by atoms with E-state index < -0.39 is 0 Å². The van der Waals surface area contributed by atoms with E-state index in [-0.39, 0.29) is 5.54 Å². The van der Waals surface area contributed by atoms with Crippen molar-refractivity contribution >= 4 is 5.96 Å². The van der Waals surface area contributed by atoms with E-state index in [1.54, 1.807) is 0 Å². The number of hydrogen-bond donors (Lipinski definition) is 1. The average molecular weight is 364 g/mol. The van der Waals surface area contributed by atoms with Gasteiger partial charge in [0.05, 0.1) is 6.54 Å². The number of guanidine groups is 1. The summed E-state index contributed by atoms with van der Waals surface area (Å²) in [5, 5.41) is 3.50. The summed E-state index contributed by atoms with van der Waals surface area (Å²) in [4.78, 5) is 12.7. The van der Waals surface area contributed by atoms with Gasteiger partial charge in [0.25, 0.3) is 0 Å². The molecule has 0 spiro atoms. The minimum Gasteiger partial charge on any atom is -0.357 e. The fraction of sp³-hybridized carbons (Fsp3) is 0.857. The van der Waals surface area contributed by atoms with Gasteiger partial charge in [0, 0.05) is 25.7 Å². The summed E-state index contributed by atoms with van der Waals surface area (Å²) in [5.41, 5.74) is 0.259. The van der Waals surface area contributed by atoms with Crippen LogP contribution in [0, 0.1) is 0 Å². The molecule has 150 valence electrons. The molecule has 2 fully saturated rings. The van der Waals surface area contributed by atoms with Crippen LogP contribution in [-0.2, 0) is 0 Å². The van der Waals surface area contributed by atoms with E-state index in [1.165, 1.54) is 58.3 Å². The number of rotatable bonds is 8. The van der Waals surface area contributed by atoms with Crippen LogP contribution in [-0.4, -0.2) is 86.1 Å². The van der Waals surface area contributed by atoms with Crippen molar-refractivity contribution in [2.45, 2.75) is 57.4 Å². The molecule has 2 aliphatic rings. The predicted molar refractivity (Wildman–Crippen MR) is 113 cm³/mol. The van der Waals surface area contributed by atoms with Gasteiger partial charge in [-0.1, -0.05) is 12.5 Å². The van der Waals surface area contributed by atoms with E-state index in [0.29, 0.717) is 0 Å². The molecule has 5 nitrogen and oxygen atoms in total. The third-order valence-electron chi connectivity index (χ3n) is 6.07. The second-order valence-electron chi connectivity index (χ2n) is 8.10. The normalized spacial score (nSPS) is 22.2. The quantitative estimate of drug-likeness (QED) is 0.311. The van der Waals surface area contributed by atoms with Crippen molar-refractivity contribution in [2.75, 3.05) is 59.9 Å². The Hall–Kier alpha value is -1.07. The van der Waals surface area contributed by atoms with Crippen LogP contribution in [0.15, 0.2) is 17.6 Å². The maximum atomic E-state index is 5.13. The van der Waals surface area contributed by atoms with E-state index in [4.69, 9.17) is 4.99 Å². The lowest BCUT2D eigenvalue weighted by Crippen LogP contribution is -2.58. The molecule has 0 atom stereocenters. The molecule has 2 rings (SSSR count). The smallest absolute Gasteiger partial charge is 0.193 e. The molecule has 0 aliphatic carbocycles. The Balaban J connectivity index is 2.08. The molecule has 0 saturated carbocycles. The zero-order valence-electron chi connectivity index (χ0n) is 17.5. The minimum atomic E-state index is 0.259. The lowest BCUT2D eigenvalue weighted by Gasteiger charge is -2.49. The molecule has 0 aromatic carbocycles. The molecule has 2 saturated heterocycles. The monoisotopic (exact) mass is 363 g/mol. The van der Waals surface area contributed by atoms with Crippen molar-refractivity contribution in [3.05, 3.63) is 12.7 Å². The zero-order chi connectivity index (χ0) is 18.8. The van der Waals surface area contributed by atoms with E-state index in [2.05, 4.69) is 47.6 Å². The Morgan fingerprint density at radius 3 is 2.50 bits per heavy atom. The minimum absolute atomic E-state index is 0.259. The molecule has 2 aliphatic heterocycles. The lowest BCUT2D eigenvalue weighted by atomic mass is 9.84. The second kappa shape index (κ2) is 10.9. The Morgan fingerprint density at radius 1 is 1.19 bits per heavy atom. The van der Waals surface area contributed by atoms with Gasteiger partial charge in [0.15, 0.2) is 5.96 Å². The number of hydrogen-bond acceptors (Lipinski definition) is 3. The molecule has 2 heterocycles. The Morgan fingerprint density at radius 2 is 1.88 bits per heavy atom. The van der Waals surface area contributed by atoms with Gasteiger partial charge in [-0.25, -0.2) is 0 Å². The fourth-order valence-electron chi connectivity index (χ4n) is 4.25. The number of nitrogens with one attached hydrogen (secondary N) is 1. The number of piperidine rings is 2. The highest BCUT2D eigenvalue weighted by Gasteiger charge is 2.39. The van der Waals surface area contributed by atoms with Gasteiger partial charge in [-0.2, -0.15) is 0 Å². The van der Waals surface area contributed by atoms with Crippen molar-refractivity contribution in [1.29, 1.82) is 0 Å². The summed E-state index contributed by atoms with van der Waals surface area (Å²) < 4.78 is 0. The first kappa shape index (κ1) is 21.2. The SMILES string of the molecule is C=CCCCN(C)C(=NCC1(N2CCCCC2)CCN(C)CC1)NCC. The lowest BCUT2D eigenvalue weighted by molar-refractivity contribution is 0.0207. The van der Waals surface area contributed by atoms with Crippen molar-refractivity contribution < 1.29 is 0 Å². The first-order chi connectivity index (χ1) is 12.6. The molecule has 1 N–H and O–H groups in total. The number of allylic oxidation sites excluding steroid dienone is 1. The molecule has 0 amide bonds. The van der Waals surface area contributed by atoms with Gasteiger partial charge in [-0.05, 0) is 78.7 Å². The van der Waals surface area contributed by atoms with Crippen LogP contribution >= 0.6 is 0 Å². The number of nitrogens with zero attached hydrogens (tertiary/aromatic N) is 4. The van der Waals surface area contributed by atoms with Crippen molar-refractivity contribution in [1.82, 2.24) is 20.0 Å². The van der Waals surface area contributed by atoms with Gasteiger partial charge >= 0.3 is 0 Å². The van der Waals surface area contributed by atoms with E-state index in [1.807, 2.05) is 6.08 Å². The first-order valence-corrected chi connectivity index (χ1v) is 10.7. The van der Waals surface area contributed by atoms with E-state index >= 15 is 0 Å². The standard InChI is InChI=1S/C21H41N5/c1-5-7-9-14-25(4)20(22-6-2)23-19-21(12-17-24(3)18-13-21)26-15-10-8-11-16-26/h5H,1,6-19H2,2-4H3,(H,22,23). The molecule has 26 heavy (non-hydrogen) atoms. The van der Waals surface area contributed by atoms with Crippen molar-refractivity contribution in [2.24, 2.45) is 4.99 Å². The van der Waals surface area contributed by atoms with E-state index in [0.717, 1.165) is 38.4 Å². The Kier molecular flexibility index (Phi) is 8.93. The van der Waals surface area contributed by atoms with Crippen LogP contribution in [0.1, 0.15) is 51.9 Å². The van der Waals surface area contributed by atoms with E-state index in [9.17, 15) is 0 Å². The summed E-state index contributed by atoms with van der Waals surface area (Å²) >= 11 is 0. The summed E-state index contributed by atoms with van der Waals surface area (Å²) in [6.45, 7) is 13.8. The summed E-state index contributed by atoms with van der Waals surface area (Å²) in [7, 11) is 4.41. The van der Waals surface area contributed by atoms with Crippen LogP contribution in [0.5, 0.6) is 0 Å². The maximum absolute atomic E-state index is 5.13. The van der Waals surface area contributed by atoms with Gasteiger partial charge in [-0.15, -0.1) is 6.58 Å². The summed E-state index contributed by atoms with van der Waals surface area (Å²) in [6, 6.07) is 0. The summed E-state index contributed by atoms with van der Waals surface area (Å²) in [5.74, 6) is 1.06. The van der Waals surface area contributed by atoms with Crippen LogP contribution < -0.4 is 5.32 Å². The van der Waals surface area contributed by atoms with Gasteiger partial charge in [0.1, 0.15) is 0 Å². The van der Waals surface area contributed by atoms with Crippen molar-refractivity contribution in [3.8, 4) is 0 Å². The first-order valence-electron chi connectivity index (χ1n) is 10.7. The molecular weight excluding hydrogens is 322 g/mol. The molecule has 0 aromatic rings. The van der Waals surface area contributed by atoms with Crippen LogP contribution in [0.4, 0.5) is 0 Å². The third-order valence-corrected chi connectivity index (χ3v) is 6.07. The predicted octanol–water partition coefficient (Wildman–Crippen LogP) is 2.80. The number of likely N-dealkylation sites (tertiary alicyclic amines) is 2. The van der Waals surface area contributed by atoms with Crippen LogP contribution in [0.2, 0.25) is 0 Å². The molecule has 0 unspecified atom stereocenters. The molecule has 0 bridgehead atoms. The second-order valence-corrected chi connectivity index (χ2v) is 8.10. The zero-order valence-corrected chi connectivity index (χ0v) is 17.5. The number of unbranched alkanes of at least 4 members (excludes halogenated alkanes) is 1. The molecular formula is C21H41N5. The van der Waals surface area contributed by atoms with Gasteiger partial charge < -0.3 is 15.1 Å². The highest BCUT2D eigenvalue weighted by molar-refractivity contribution is 5.79. The number of aliphatic imine (C=N–C) groups is 1. The largest absolute Gasteiger partial charge is 0.357 e. The topological polar surface area (TPSA) is 34.1 Å². The molecule has 0 aromatic heterocycles.